The molecule has 162 valence electrons. The summed E-state index contributed by atoms with van der Waals surface area (Å²) in [6.07, 6.45) is 0.974. The van der Waals surface area contributed by atoms with Crippen molar-refractivity contribution in [2.45, 2.75) is 47.1 Å². The highest BCUT2D eigenvalue weighted by atomic mass is 16.5. The van der Waals surface area contributed by atoms with Gasteiger partial charge >= 0.3 is 11.7 Å². The lowest BCUT2D eigenvalue weighted by Crippen LogP contribution is -2.43. The fourth-order valence-corrected chi connectivity index (χ4v) is 2.54. The number of nitrogens with one attached hydrogen (secondary N) is 1. The molecule has 0 bridgehead atoms. The number of esters is 1. The van der Waals surface area contributed by atoms with Gasteiger partial charge in [-0.25, -0.2) is 4.79 Å². The number of hydrogen-bond acceptors (Lipinski definition) is 7. The molecule has 0 spiro atoms. The van der Waals surface area contributed by atoms with Gasteiger partial charge in [-0.05, 0) is 18.3 Å². The van der Waals surface area contributed by atoms with Gasteiger partial charge < -0.3 is 15.8 Å². The molecule has 0 saturated heterocycles. The molecule has 0 fully saturated rings. The predicted molar refractivity (Wildman–Crippen MR) is 108 cm³/mol. The summed E-state index contributed by atoms with van der Waals surface area (Å²) in [5, 5.41) is 2.41. The fourth-order valence-electron chi connectivity index (χ4n) is 2.54. The molecule has 29 heavy (non-hydrogen) atoms. The third-order valence-electron chi connectivity index (χ3n) is 4.15. The van der Waals surface area contributed by atoms with Crippen molar-refractivity contribution in [1.82, 2.24) is 14.5 Å². The molecule has 1 amide bonds. The zero-order valence-electron chi connectivity index (χ0n) is 17.6. The van der Waals surface area contributed by atoms with Crippen molar-refractivity contribution in [3.05, 3.63) is 26.4 Å². The van der Waals surface area contributed by atoms with E-state index in [4.69, 9.17) is 10.5 Å². The maximum Gasteiger partial charge on any atom is 0.332 e. The van der Waals surface area contributed by atoms with Gasteiger partial charge in [0.15, 0.2) is 6.61 Å². The Labute approximate surface area is 169 Å². The third-order valence-corrected chi connectivity index (χ3v) is 4.15. The zero-order valence-corrected chi connectivity index (χ0v) is 17.6. The van der Waals surface area contributed by atoms with E-state index < -0.39 is 35.2 Å². The lowest BCUT2D eigenvalue weighted by atomic mass is 10.1. The van der Waals surface area contributed by atoms with Crippen molar-refractivity contribution < 1.29 is 19.1 Å². The number of carbonyl (C=O) groups is 3. The summed E-state index contributed by atoms with van der Waals surface area (Å²) >= 11 is 0. The third kappa shape index (κ3) is 6.88. The van der Waals surface area contributed by atoms with E-state index in [0.29, 0.717) is 12.3 Å². The Balaban J connectivity index is 2.81. The molecule has 0 saturated carbocycles. The molecular weight excluding hydrogens is 380 g/mol. The number of ketones is 1. The van der Waals surface area contributed by atoms with Crippen LogP contribution in [0.5, 0.6) is 0 Å². The number of nitrogen functional groups attached to an aromatic ring is 1. The first kappa shape index (κ1) is 24.1. The van der Waals surface area contributed by atoms with E-state index in [-0.39, 0.29) is 37.2 Å². The largest absolute Gasteiger partial charge is 0.456 e. The number of ether oxygens (including phenoxy) is 1. The van der Waals surface area contributed by atoms with Gasteiger partial charge in [0.05, 0.1) is 0 Å². The normalized spacial score (nSPS) is 11.0. The molecular formula is C19H30N4O6. The summed E-state index contributed by atoms with van der Waals surface area (Å²) in [4.78, 5) is 60.4. The average molecular weight is 410 g/mol. The first-order valence-electron chi connectivity index (χ1n) is 9.50. The number of hydrogen-bond donors (Lipinski definition) is 2. The number of carbonyl (C=O) groups excluding carboxylic acids is 3. The number of aromatic nitrogens is 2. The Morgan fingerprint density at radius 1 is 1.10 bits per heavy atom. The second-order valence-electron chi connectivity index (χ2n) is 7.70. The highest BCUT2D eigenvalue weighted by molar-refractivity contribution is 6.01. The van der Waals surface area contributed by atoms with Gasteiger partial charge in [-0.3, -0.25) is 28.3 Å². The zero-order chi connectivity index (χ0) is 22.3. The summed E-state index contributed by atoms with van der Waals surface area (Å²) in [6, 6.07) is 0. The summed E-state index contributed by atoms with van der Waals surface area (Å²) in [5.41, 5.74) is 4.02. The maximum absolute atomic E-state index is 12.4. The molecule has 10 nitrogen and oxygen atoms in total. The van der Waals surface area contributed by atoms with Crippen LogP contribution in [0.3, 0.4) is 0 Å². The van der Waals surface area contributed by atoms with E-state index in [9.17, 15) is 24.0 Å². The Morgan fingerprint density at radius 2 is 1.72 bits per heavy atom. The molecule has 3 N–H and O–H groups in total. The lowest BCUT2D eigenvalue weighted by Gasteiger charge is -2.16. The van der Waals surface area contributed by atoms with Crippen LogP contribution in [-0.4, -0.2) is 39.9 Å². The standard InChI is InChI=1S/C19H30N4O6/c1-11(2)6-7-14(25)21-8-15(26)29-10-13(24)16-17(20)23(9-12(3)4)19(28)22(5)18(16)27/h11-12H,6-10,20H2,1-5H3,(H,21,25). The minimum absolute atomic E-state index is 0.0487. The van der Waals surface area contributed by atoms with E-state index in [1.54, 1.807) is 0 Å². The van der Waals surface area contributed by atoms with Crippen LogP contribution in [0.1, 0.15) is 50.9 Å². The van der Waals surface area contributed by atoms with Crippen LogP contribution in [0.4, 0.5) is 5.82 Å². The van der Waals surface area contributed by atoms with Crippen LogP contribution in [0.15, 0.2) is 9.59 Å². The van der Waals surface area contributed by atoms with Crippen LogP contribution in [0, 0.1) is 11.8 Å². The minimum Gasteiger partial charge on any atom is -0.456 e. The summed E-state index contributed by atoms with van der Waals surface area (Å²) in [7, 11) is 1.25. The number of nitrogens with zero attached hydrogens (tertiary/aromatic N) is 2. The quantitative estimate of drug-likeness (QED) is 0.410. The topological polar surface area (TPSA) is 142 Å². The van der Waals surface area contributed by atoms with Gasteiger partial charge in [0.2, 0.25) is 11.7 Å². The summed E-state index contributed by atoms with van der Waals surface area (Å²) < 4.78 is 6.78. The molecule has 0 aromatic carbocycles. The van der Waals surface area contributed by atoms with E-state index in [0.717, 1.165) is 9.13 Å². The van der Waals surface area contributed by atoms with Gasteiger partial charge in [-0.15, -0.1) is 0 Å². The number of amides is 1. The van der Waals surface area contributed by atoms with Gasteiger partial charge in [0, 0.05) is 20.0 Å². The van der Waals surface area contributed by atoms with Crippen molar-refractivity contribution in [2.24, 2.45) is 18.9 Å². The van der Waals surface area contributed by atoms with E-state index in [1.165, 1.54) is 7.05 Å². The number of anilines is 1. The second-order valence-corrected chi connectivity index (χ2v) is 7.70. The fraction of sp³-hybridized carbons (Fsp3) is 0.632. The van der Waals surface area contributed by atoms with Gasteiger partial charge in [0.1, 0.15) is 17.9 Å². The summed E-state index contributed by atoms with van der Waals surface area (Å²) in [6.45, 7) is 6.79. The highest BCUT2D eigenvalue weighted by Gasteiger charge is 2.23. The van der Waals surface area contributed by atoms with Crippen molar-refractivity contribution in [3.8, 4) is 0 Å². The van der Waals surface area contributed by atoms with Gasteiger partial charge in [-0.2, -0.15) is 0 Å². The monoisotopic (exact) mass is 410 g/mol. The van der Waals surface area contributed by atoms with Gasteiger partial charge in [0.25, 0.3) is 5.56 Å². The first-order chi connectivity index (χ1) is 13.5. The molecule has 0 unspecified atom stereocenters. The molecule has 0 aliphatic carbocycles. The Bertz CT molecular complexity index is 882. The van der Waals surface area contributed by atoms with Crippen LogP contribution in [-0.2, 0) is 27.9 Å². The van der Waals surface area contributed by atoms with Crippen molar-refractivity contribution in [2.75, 3.05) is 18.9 Å². The first-order valence-corrected chi connectivity index (χ1v) is 9.50. The molecule has 0 atom stereocenters. The van der Waals surface area contributed by atoms with Crippen LogP contribution >= 0.6 is 0 Å². The molecule has 1 rings (SSSR count). The second kappa shape index (κ2) is 10.6. The number of nitrogens with two attached hydrogens (primary N) is 1. The maximum atomic E-state index is 12.4. The Kier molecular flexibility index (Phi) is 8.81. The van der Waals surface area contributed by atoms with E-state index in [2.05, 4.69) is 5.32 Å². The number of Topliss-reactive ketones (excluding diaryl/α,β-unsaturated/α-hetero) is 1. The van der Waals surface area contributed by atoms with Crippen molar-refractivity contribution >= 4 is 23.5 Å². The summed E-state index contributed by atoms with van der Waals surface area (Å²) in [5.74, 6) is -1.78. The smallest absolute Gasteiger partial charge is 0.332 e. The Morgan fingerprint density at radius 3 is 2.28 bits per heavy atom. The van der Waals surface area contributed by atoms with E-state index in [1.807, 2.05) is 27.7 Å². The van der Waals surface area contributed by atoms with Crippen LogP contribution in [0.2, 0.25) is 0 Å². The molecule has 1 heterocycles. The highest BCUT2D eigenvalue weighted by Crippen LogP contribution is 2.09. The van der Waals surface area contributed by atoms with E-state index >= 15 is 0 Å². The Hall–Kier alpha value is -2.91. The molecule has 0 radical (unpaired) electrons. The molecule has 10 heteroatoms. The predicted octanol–water partition coefficient (Wildman–Crippen LogP) is 0.0635. The average Bonchev–Trinajstić information content (AvgIpc) is 2.64. The molecule has 1 aromatic rings. The SMILES string of the molecule is CC(C)CCC(=O)NCC(=O)OCC(=O)c1c(N)n(CC(C)C)c(=O)n(C)c1=O. The van der Waals surface area contributed by atoms with Crippen molar-refractivity contribution in [3.63, 3.8) is 0 Å². The van der Waals surface area contributed by atoms with Crippen LogP contribution in [0.25, 0.3) is 0 Å². The van der Waals surface area contributed by atoms with Crippen molar-refractivity contribution in [1.29, 1.82) is 0 Å². The minimum atomic E-state index is -0.851. The molecule has 0 aliphatic rings. The molecule has 1 aromatic heterocycles. The lowest BCUT2D eigenvalue weighted by molar-refractivity contribution is -0.142. The van der Waals surface area contributed by atoms with Crippen LogP contribution < -0.4 is 22.3 Å². The number of rotatable bonds is 10. The molecule has 0 aliphatic heterocycles. The van der Waals surface area contributed by atoms with Gasteiger partial charge in [-0.1, -0.05) is 27.7 Å².